The van der Waals surface area contributed by atoms with Crippen molar-refractivity contribution in [3.63, 3.8) is 0 Å². The molecule has 1 saturated heterocycles. The van der Waals surface area contributed by atoms with E-state index < -0.39 is 13.0 Å². The van der Waals surface area contributed by atoms with Crippen LogP contribution in [0.1, 0.15) is 11.0 Å². The third-order valence-electron chi connectivity index (χ3n) is 0.597. The molecule has 0 radical (unpaired) electrons. The zero-order chi connectivity index (χ0) is 7.23. The summed E-state index contributed by atoms with van der Waals surface area (Å²) in [4.78, 5) is 11.3. The number of carbonyl (C=O) groups excluding carboxylic acids is 1. The Bertz CT molecular complexity index is 158. The molecular formula is C4H7NO. The highest BCUT2D eigenvalue weighted by Crippen LogP contribution is 2.00. The molecule has 1 heterocycles. The van der Waals surface area contributed by atoms with Crippen molar-refractivity contribution in [1.29, 1.82) is 0 Å². The lowest BCUT2D eigenvalue weighted by Gasteiger charge is -1.85. The molecule has 1 fully saturated rings. The summed E-state index contributed by atoms with van der Waals surface area (Å²) in [5.74, 6) is -0.375. The molecule has 1 unspecified atom stereocenters. The van der Waals surface area contributed by atoms with Crippen LogP contribution < -0.4 is 0 Å². The van der Waals surface area contributed by atoms with Crippen molar-refractivity contribution in [1.82, 2.24) is 4.90 Å². The van der Waals surface area contributed by atoms with Crippen LogP contribution in [0.15, 0.2) is 0 Å². The maximum Gasteiger partial charge on any atom is 0.219 e. The van der Waals surface area contributed by atoms with Gasteiger partial charge in [-0.3, -0.25) is 4.79 Å². The molecule has 1 aliphatic rings. The van der Waals surface area contributed by atoms with Gasteiger partial charge in [0.25, 0.3) is 0 Å². The van der Waals surface area contributed by atoms with Gasteiger partial charge in [-0.2, -0.15) is 0 Å². The highest BCUT2D eigenvalue weighted by atomic mass is 16.2. The number of hydrogen-bond donors (Lipinski definition) is 0. The standard InChI is InChI=1S/C4H7NO/c1-4(6)5-2-3-5/h2-3H2,1H3/i2D,3D2. The van der Waals surface area contributed by atoms with Crippen molar-refractivity contribution in [2.24, 2.45) is 0 Å². The smallest absolute Gasteiger partial charge is 0.219 e. The van der Waals surface area contributed by atoms with E-state index in [4.69, 9.17) is 4.11 Å². The monoisotopic (exact) mass is 88.1 g/mol. The Labute approximate surface area is 41.0 Å². The Morgan fingerprint density at radius 1 is 2.17 bits per heavy atom. The topological polar surface area (TPSA) is 20.1 Å². The van der Waals surface area contributed by atoms with Gasteiger partial charge in [0.1, 0.15) is 0 Å². The van der Waals surface area contributed by atoms with Gasteiger partial charge in [-0.05, 0) is 0 Å². The molecular weight excluding hydrogens is 78.0 g/mol. The van der Waals surface area contributed by atoms with Crippen LogP contribution in [0.3, 0.4) is 0 Å². The summed E-state index contributed by atoms with van der Waals surface area (Å²) in [5, 5.41) is 0. The van der Waals surface area contributed by atoms with E-state index in [1.165, 1.54) is 6.92 Å². The fourth-order valence-corrected chi connectivity index (χ4v) is 0.211. The van der Waals surface area contributed by atoms with E-state index in [1.54, 1.807) is 0 Å². The van der Waals surface area contributed by atoms with Gasteiger partial charge in [0.15, 0.2) is 0 Å². The first-order valence-corrected chi connectivity index (χ1v) is 1.70. The van der Waals surface area contributed by atoms with E-state index in [-0.39, 0.29) is 5.91 Å². The second-order valence-corrected chi connectivity index (χ2v) is 1.15. The average Bonchev–Trinajstić information content (AvgIpc) is 2.07. The number of carbonyl (C=O) groups is 1. The van der Waals surface area contributed by atoms with E-state index in [9.17, 15) is 4.79 Å². The maximum atomic E-state index is 10.4. The van der Waals surface area contributed by atoms with Gasteiger partial charge in [0.05, 0.1) is 4.11 Å². The van der Waals surface area contributed by atoms with Crippen LogP contribution in [0.25, 0.3) is 0 Å². The van der Waals surface area contributed by atoms with Gasteiger partial charge in [-0.15, -0.1) is 0 Å². The summed E-state index contributed by atoms with van der Waals surface area (Å²) >= 11 is 0. The molecule has 1 aliphatic heterocycles. The Kier molecular flexibility index (Phi) is 0.245. The van der Waals surface area contributed by atoms with Crippen LogP contribution in [0.4, 0.5) is 0 Å². The predicted molar refractivity (Wildman–Crippen MR) is 22.3 cm³/mol. The minimum Gasteiger partial charge on any atom is -0.339 e. The Hall–Kier alpha value is -0.530. The number of nitrogens with zero attached hydrogens (tertiary/aromatic N) is 1. The van der Waals surface area contributed by atoms with Crippen LogP contribution >= 0.6 is 0 Å². The minimum absolute atomic E-state index is 0.375. The second kappa shape index (κ2) is 0.965. The molecule has 0 bridgehead atoms. The molecule has 2 nitrogen and oxygen atoms in total. The van der Waals surface area contributed by atoms with Gasteiger partial charge in [-0.1, -0.05) is 0 Å². The predicted octanol–water partition coefficient (Wildman–Crippen LogP) is -0.151. The first-order valence-electron chi connectivity index (χ1n) is 3.28. The summed E-state index contributed by atoms with van der Waals surface area (Å²) in [6.07, 6.45) is 0. The molecule has 1 amide bonds. The summed E-state index contributed by atoms with van der Waals surface area (Å²) in [6.45, 7) is -1.42. The third-order valence-corrected chi connectivity index (χ3v) is 0.597. The minimum atomic E-state index is -1.70. The van der Waals surface area contributed by atoms with Gasteiger partial charge in [0, 0.05) is 19.9 Å². The Balaban J connectivity index is 2.62. The van der Waals surface area contributed by atoms with Crippen molar-refractivity contribution >= 4 is 5.91 Å². The summed E-state index contributed by atoms with van der Waals surface area (Å²) in [7, 11) is 0. The molecule has 1 atom stereocenters. The molecule has 34 valence electrons. The molecule has 2 heteroatoms. The first kappa shape index (κ1) is 1.52. The average molecular weight is 88.1 g/mol. The van der Waals surface area contributed by atoms with E-state index in [1.807, 2.05) is 0 Å². The molecule has 0 aromatic carbocycles. The first-order chi connectivity index (χ1) is 3.98. The van der Waals surface area contributed by atoms with Crippen molar-refractivity contribution in [3.8, 4) is 0 Å². The lowest BCUT2D eigenvalue weighted by atomic mass is 10.7. The molecule has 0 aromatic rings. The van der Waals surface area contributed by atoms with E-state index >= 15 is 0 Å². The summed E-state index contributed by atoms with van der Waals surface area (Å²) in [5.41, 5.74) is 0. The fraction of sp³-hybridized carbons (Fsp3) is 0.750. The second-order valence-electron chi connectivity index (χ2n) is 1.15. The van der Waals surface area contributed by atoms with Gasteiger partial charge >= 0.3 is 0 Å². The van der Waals surface area contributed by atoms with E-state index in [0.29, 0.717) is 0 Å². The number of rotatable bonds is 0. The largest absolute Gasteiger partial charge is 0.339 e. The Morgan fingerprint density at radius 2 is 2.67 bits per heavy atom. The normalized spacial score (nSPS) is 45.8. The van der Waals surface area contributed by atoms with E-state index in [0.717, 1.165) is 4.90 Å². The summed E-state index contributed by atoms with van der Waals surface area (Å²) < 4.78 is 20.8. The lowest BCUT2D eigenvalue weighted by Crippen LogP contribution is -2.02. The zero-order valence-electron chi connectivity index (χ0n) is 6.43. The molecule has 0 saturated carbocycles. The number of amides is 1. The quantitative estimate of drug-likeness (QED) is 0.377. The van der Waals surface area contributed by atoms with Gasteiger partial charge < -0.3 is 4.90 Å². The van der Waals surface area contributed by atoms with Crippen molar-refractivity contribution in [3.05, 3.63) is 0 Å². The highest BCUT2D eigenvalue weighted by molar-refractivity contribution is 5.75. The van der Waals surface area contributed by atoms with Gasteiger partial charge in [0.2, 0.25) is 5.91 Å². The molecule has 0 aliphatic carbocycles. The molecule has 0 N–H and O–H groups in total. The van der Waals surface area contributed by atoms with Crippen molar-refractivity contribution < 1.29 is 8.91 Å². The third kappa shape index (κ3) is 0.506. The molecule has 6 heavy (non-hydrogen) atoms. The van der Waals surface area contributed by atoms with Gasteiger partial charge in [-0.25, -0.2) is 0 Å². The highest BCUT2D eigenvalue weighted by Gasteiger charge is 2.18. The number of hydrogen-bond acceptors (Lipinski definition) is 1. The molecule has 0 aromatic heterocycles. The lowest BCUT2D eigenvalue weighted by molar-refractivity contribution is -0.123. The Morgan fingerprint density at radius 3 is 2.67 bits per heavy atom. The van der Waals surface area contributed by atoms with Crippen LogP contribution in [-0.4, -0.2) is 23.8 Å². The fourth-order valence-electron chi connectivity index (χ4n) is 0.211. The van der Waals surface area contributed by atoms with Crippen LogP contribution in [0.5, 0.6) is 0 Å². The van der Waals surface area contributed by atoms with Crippen molar-refractivity contribution in [2.75, 3.05) is 13.0 Å². The van der Waals surface area contributed by atoms with Crippen LogP contribution in [0.2, 0.25) is 0 Å². The maximum absolute atomic E-state index is 10.4. The van der Waals surface area contributed by atoms with Crippen LogP contribution in [-0.2, 0) is 4.79 Å². The van der Waals surface area contributed by atoms with Crippen LogP contribution in [0, 0.1) is 0 Å². The molecule has 1 rings (SSSR count). The summed E-state index contributed by atoms with van der Waals surface area (Å²) in [6, 6.07) is 0. The molecule has 0 spiro atoms. The SMILES string of the molecule is [2H]C1N(C(C)=O)C1([2H])[2H]. The van der Waals surface area contributed by atoms with E-state index in [2.05, 4.69) is 0 Å². The zero-order valence-corrected chi connectivity index (χ0v) is 3.43. The van der Waals surface area contributed by atoms with Crippen molar-refractivity contribution in [2.45, 2.75) is 6.92 Å².